The highest BCUT2D eigenvalue weighted by Crippen LogP contribution is 2.34. The summed E-state index contributed by atoms with van der Waals surface area (Å²) < 4.78 is 41.7. The van der Waals surface area contributed by atoms with E-state index in [1.165, 1.54) is 16.6 Å². The van der Waals surface area contributed by atoms with Crippen molar-refractivity contribution < 1.29 is 17.9 Å². The van der Waals surface area contributed by atoms with Gasteiger partial charge in [0.2, 0.25) is 10.0 Å². The molecule has 0 aliphatic carbocycles. The van der Waals surface area contributed by atoms with Gasteiger partial charge in [-0.2, -0.15) is 4.31 Å². The predicted molar refractivity (Wildman–Crippen MR) is 128 cm³/mol. The van der Waals surface area contributed by atoms with Crippen LogP contribution in [0.4, 0.5) is 10.2 Å². The Balaban J connectivity index is 1.66. The maximum absolute atomic E-state index is 14.9. The molecule has 3 aromatic rings. The first kappa shape index (κ1) is 23.9. The molecule has 4 rings (SSSR count). The fourth-order valence-corrected chi connectivity index (χ4v) is 5.45. The number of nitrogens with zero attached hydrogens (tertiary/aromatic N) is 4. The molecule has 178 valence electrons. The van der Waals surface area contributed by atoms with E-state index in [2.05, 4.69) is 15.3 Å². The molecular weight excluding hydrogens is 469 g/mol. The van der Waals surface area contributed by atoms with Crippen LogP contribution in [0.3, 0.4) is 0 Å². The fourth-order valence-electron chi connectivity index (χ4n) is 4.38. The number of aryl methyl sites for hydroxylation is 1. The molecule has 0 bridgehead atoms. The molecule has 1 fully saturated rings. The number of rotatable bonds is 5. The van der Waals surface area contributed by atoms with Gasteiger partial charge in [-0.15, -0.1) is 0 Å². The minimum atomic E-state index is -3.36. The van der Waals surface area contributed by atoms with Crippen LogP contribution < -0.4 is 5.32 Å². The normalized spacial score (nSPS) is 20.0. The number of aliphatic hydroxyl groups excluding tert-OH is 1. The highest BCUT2D eigenvalue weighted by Gasteiger charge is 2.32. The summed E-state index contributed by atoms with van der Waals surface area (Å²) >= 11 is 6.42. The molecule has 1 aliphatic heterocycles. The Morgan fingerprint density at radius 1 is 1.30 bits per heavy atom. The molecule has 0 spiro atoms. The molecule has 8 nitrogen and oxygen atoms in total. The second-order valence-corrected chi connectivity index (χ2v) is 11.1. The molecule has 3 heterocycles. The molecule has 1 aliphatic rings. The van der Waals surface area contributed by atoms with Crippen LogP contribution >= 0.6 is 11.6 Å². The first-order valence-corrected chi connectivity index (χ1v) is 12.9. The summed E-state index contributed by atoms with van der Waals surface area (Å²) in [5.41, 5.74) is 2.18. The average Bonchev–Trinajstić information content (AvgIpc) is 3.06. The standard InChI is InChI=1S/C22H27ClFN5O3S/c1-12(2)29-13(3)26-22-17(24)7-14(8-19(22)29)15-9-21(25-10-16(15)23)27-18-5-6-28(11-20(18)30)33(4,31)32/h7-10,12,18,20,30H,5-6,11H2,1-4H3,(H,25,27)/t18-,20-/m1/s1. The van der Waals surface area contributed by atoms with E-state index in [9.17, 15) is 17.9 Å². The predicted octanol–water partition coefficient (Wildman–Crippen LogP) is 3.59. The van der Waals surface area contributed by atoms with Crippen molar-refractivity contribution in [3.05, 3.63) is 41.1 Å². The Kier molecular flexibility index (Phi) is 6.38. The SMILES string of the molecule is Cc1nc2c(F)cc(-c3cc(N[C@@H]4CCN(S(C)(=O)=O)C[C@H]4O)ncc3Cl)cc2n1C(C)C. The topological polar surface area (TPSA) is 100 Å². The summed E-state index contributed by atoms with van der Waals surface area (Å²) in [6.07, 6.45) is 2.13. The highest BCUT2D eigenvalue weighted by molar-refractivity contribution is 7.88. The summed E-state index contributed by atoms with van der Waals surface area (Å²) in [5.74, 6) is 0.755. The monoisotopic (exact) mass is 495 g/mol. The average molecular weight is 496 g/mol. The summed E-state index contributed by atoms with van der Waals surface area (Å²) in [4.78, 5) is 8.67. The van der Waals surface area contributed by atoms with Crippen LogP contribution in [-0.4, -0.2) is 63.9 Å². The number of piperidine rings is 1. The van der Waals surface area contributed by atoms with Gasteiger partial charge in [0.05, 0.1) is 28.9 Å². The first-order chi connectivity index (χ1) is 15.5. The molecular formula is C22H27ClFN5O3S. The maximum Gasteiger partial charge on any atom is 0.211 e. The number of sulfonamides is 1. The van der Waals surface area contributed by atoms with E-state index < -0.39 is 21.9 Å². The van der Waals surface area contributed by atoms with Crippen molar-refractivity contribution in [2.24, 2.45) is 0 Å². The summed E-state index contributed by atoms with van der Waals surface area (Å²) in [7, 11) is -3.36. The lowest BCUT2D eigenvalue weighted by Crippen LogP contribution is -2.51. The Bertz CT molecular complexity index is 1310. The van der Waals surface area contributed by atoms with Gasteiger partial charge in [0.1, 0.15) is 17.2 Å². The molecule has 1 saturated heterocycles. The maximum atomic E-state index is 14.9. The molecule has 0 saturated carbocycles. The number of hydrogen-bond donors (Lipinski definition) is 2. The summed E-state index contributed by atoms with van der Waals surface area (Å²) in [6.45, 7) is 6.19. The first-order valence-electron chi connectivity index (χ1n) is 10.7. The molecule has 2 N–H and O–H groups in total. The number of aromatic nitrogens is 3. The lowest BCUT2D eigenvalue weighted by molar-refractivity contribution is 0.0952. The number of pyridine rings is 1. The van der Waals surface area contributed by atoms with Crippen LogP contribution in [0.5, 0.6) is 0 Å². The number of anilines is 1. The van der Waals surface area contributed by atoms with E-state index >= 15 is 0 Å². The number of halogens is 2. The molecule has 0 radical (unpaired) electrons. The third-order valence-electron chi connectivity index (χ3n) is 5.95. The van der Waals surface area contributed by atoms with Gasteiger partial charge in [-0.05, 0) is 51.0 Å². The molecule has 33 heavy (non-hydrogen) atoms. The van der Waals surface area contributed by atoms with Gasteiger partial charge in [-0.1, -0.05) is 11.6 Å². The van der Waals surface area contributed by atoms with Gasteiger partial charge < -0.3 is 15.0 Å². The Labute approximate surface area is 197 Å². The molecule has 1 aromatic carbocycles. The van der Waals surface area contributed by atoms with Gasteiger partial charge in [-0.25, -0.2) is 22.8 Å². The van der Waals surface area contributed by atoms with Gasteiger partial charge in [-0.3, -0.25) is 0 Å². The number of hydrogen-bond acceptors (Lipinski definition) is 6. The number of imidazole rings is 1. The Morgan fingerprint density at radius 3 is 2.67 bits per heavy atom. The molecule has 2 aromatic heterocycles. The van der Waals surface area contributed by atoms with Crippen LogP contribution in [0.1, 0.15) is 32.1 Å². The number of nitrogens with one attached hydrogen (secondary N) is 1. The van der Waals surface area contributed by atoms with E-state index in [0.717, 1.165) is 12.1 Å². The largest absolute Gasteiger partial charge is 0.390 e. The summed E-state index contributed by atoms with van der Waals surface area (Å²) in [5, 5.41) is 14.0. The fraction of sp³-hybridized carbons (Fsp3) is 0.455. The van der Waals surface area contributed by atoms with Crippen LogP contribution in [-0.2, 0) is 10.0 Å². The number of β-amino-alcohol motifs (C(OH)–C–C–N with tert-alkyl or cyclic N) is 1. The zero-order valence-corrected chi connectivity index (χ0v) is 20.5. The second-order valence-electron chi connectivity index (χ2n) is 8.73. The smallest absolute Gasteiger partial charge is 0.211 e. The van der Waals surface area contributed by atoms with Crippen molar-refractivity contribution in [3.63, 3.8) is 0 Å². The molecule has 2 atom stereocenters. The minimum absolute atomic E-state index is 0.0113. The van der Waals surface area contributed by atoms with Crippen molar-refractivity contribution in [1.82, 2.24) is 18.8 Å². The van der Waals surface area contributed by atoms with E-state index in [1.54, 1.807) is 6.07 Å². The van der Waals surface area contributed by atoms with Gasteiger partial charge >= 0.3 is 0 Å². The Hall–Kier alpha value is -2.27. The van der Waals surface area contributed by atoms with Crippen LogP contribution in [0, 0.1) is 12.7 Å². The molecule has 0 unspecified atom stereocenters. The highest BCUT2D eigenvalue weighted by atomic mass is 35.5. The number of fused-ring (bicyclic) bond motifs is 1. The zero-order valence-electron chi connectivity index (χ0n) is 18.9. The second kappa shape index (κ2) is 8.83. The molecule has 11 heteroatoms. The lowest BCUT2D eigenvalue weighted by atomic mass is 10.0. The zero-order chi connectivity index (χ0) is 24.1. The minimum Gasteiger partial charge on any atom is -0.390 e. The van der Waals surface area contributed by atoms with E-state index in [-0.39, 0.29) is 18.6 Å². The van der Waals surface area contributed by atoms with E-state index in [0.29, 0.717) is 46.0 Å². The van der Waals surface area contributed by atoms with Crippen molar-refractivity contribution in [2.75, 3.05) is 24.7 Å². The van der Waals surface area contributed by atoms with Crippen LogP contribution in [0.2, 0.25) is 5.02 Å². The third kappa shape index (κ3) is 4.70. The Morgan fingerprint density at radius 2 is 2.03 bits per heavy atom. The van der Waals surface area contributed by atoms with Crippen molar-refractivity contribution in [1.29, 1.82) is 0 Å². The van der Waals surface area contributed by atoms with Crippen molar-refractivity contribution in [2.45, 2.75) is 45.4 Å². The van der Waals surface area contributed by atoms with Gasteiger partial charge in [0.25, 0.3) is 0 Å². The van der Waals surface area contributed by atoms with Gasteiger partial charge in [0, 0.05) is 30.9 Å². The van der Waals surface area contributed by atoms with Crippen LogP contribution in [0.25, 0.3) is 22.2 Å². The molecule has 0 amide bonds. The summed E-state index contributed by atoms with van der Waals surface area (Å²) in [6, 6.07) is 4.71. The van der Waals surface area contributed by atoms with Crippen LogP contribution in [0.15, 0.2) is 24.4 Å². The third-order valence-corrected chi connectivity index (χ3v) is 7.53. The quantitative estimate of drug-likeness (QED) is 0.561. The number of aliphatic hydroxyl groups is 1. The van der Waals surface area contributed by atoms with Gasteiger partial charge in [0.15, 0.2) is 5.82 Å². The van der Waals surface area contributed by atoms with E-state index in [1.807, 2.05) is 31.4 Å². The lowest BCUT2D eigenvalue weighted by Gasteiger charge is -2.35. The number of benzene rings is 1. The van der Waals surface area contributed by atoms with Crippen molar-refractivity contribution >= 4 is 38.5 Å². The van der Waals surface area contributed by atoms with E-state index in [4.69, 9.17) is 11.6 Å². The van der Waals surface area contributed by atoms with Crippen molar-refractivity contribution in [3.8, 4) is 11.1 Å².